The Morgan fingerprint density at radius 1 is 1.00 bits per heavy atom. The highest BCUT2D eigenvalue weighted by atomic mass is 16.5. The lowest BCUT2D eigenvalue weighted by Crippen LogP contribution is -2.16. The quantitative estimate of drug-likeness (QED) is 0.728. The number of nitrogens with zero attached hydrogens (tertiary/aromatic N) is 2. The van der Waals surface area contributed by atoms with Crippen LogP contribution in [0.15, 0.2) is 65.6 Å². The predicted molar refractivity (Wildman–Crippen MR) is 77.9 cm³/mol. The predicted octanol–water partition coefficient (Wildman–Crippen LogP) is 2.48. The van der Waals surface area contributed by atoms with Crippen molar-refractivity contribution >= 4 is 10.9 Å². The van der Waals surface area contributed by atoms with Gasteiger partial charge in [-0.1, -0.05) is 30.3 Å². The first-order valence-corrected chi connectivity index (χ1v) is 6.47. The molecule has 0 saturated heterocycles. The first kappa shape index (κ1) is 12.4. The third kappa shape index (κ3) is 2.54. The van der Waals surface area contributed by atoms with Crippen LogP contribution >= 0.6 is 0 Å². The molecule has 1 heterocycles. The van der Waals surface area contributed by atoms with Crippen molar-refractivity contribution in [3.05, 3.63) is 71.0 Å². The second-order valence-corrected chi connectivity index (χ2v) is 4.41. The average Bonchev–Trinajstić information content (AvgIpc) is 2.51. The van der Waals surface area contributed by atoms with Crippen LogP contribution in [0.5, 0.6) is 5.75 Å². The summed E-state index contributed by atoms with van der Waals surface area (Å²) in [4.78, 5) is 11.7. The van der Waals surface area contributed by atoms with Crippen molar-refractivity contribution in [2.75, 3.05) is 6.61 Å². The van der Waals surface area contributed by atoms with Crippen LogP contribution in [0.2, 0.25) is 0 Å². The van der Waals surface area contributed by atoms with Crippen LogP contribution in [0.1, 0.15) is 0 Å². The van der Waals surface area contributed by atoms with Crippen LogP contribution in [-0.2, 0) is 6.54 Å². The highest BCUT2D eigenvalue weighted by Crippen LogP contribution is 2.10. The van der Waals surface area contributed by atoms with Crippen LogP contribution in [0, 0.1) is 0 Å². The minimum absolute atomic E-state index is 0.0548. The van der Waals surface area contributed by atoms with Gasteiger partial charge >= 0.3 is 0 Å². The van der Waals surface area contributed by atoms with E-state index in [2.05, 4.69) is 5.10 Å². The maximum atomic E-state index is 11.7. The zero-order chi connectivity index (χ0) is 13.8. The van der Waals surface area contributed by atoms with Gasteiger partial charge in [0, 0.05) is 5.39 Å². The molecule has 0 spiro atoms. The van der Waals surface area contributed by atoms with E-state index in [9.17, 15) is 4.79 Å². The molecular weight excluding hydrogens is 252 g/mol. The first-order chi connectivity index (χ1) is 9.84. The van der Waals surface area contributed by atoms with E-state index < -0.39 is 0 Å². The molecule has 0 radical (unpaired) electrons. The van der Waals surface area contributed by atoms with Gasteiger partial charge in [-0.3, -0.25) is 9.48 Å². The molecule has 3 aromatic rings. The monoisotopic (exact) mass is 266 g/mol. The van der Waals surface area contributed by atoms with Crippen molar-refractivity contribution in [1.82, 2.24) is 9.78 Å². The van der Waals surface area contributed by atoms with Crippen LogP contribution in [0.3, 0.4) is 0 Å². The van der Waals surface area contributed by atoms with E-state index in [0.717, 1.165) is 11.3 Å². The van der Waals surface area contributed by atoms with Gasteiger partial charge in [0.25, 0.3) is 0 Å². The van der Waals surface area contributed by atoms with Gasteiger partial charge in [0.1, 0.15) is 12.4 Å². The van der Waals surface area contributed by atoms with Gasteiger partial charge in [0.05, 0.1) is 18.3 Å². The van der Waals surface area contributed by atoms with E-state index in [1.54, 1.807) is 4.68 Å². The Morgan fingerprint density at radius 2 is 1.75 bits per heavy atom. The minimum atomic E-state index is -0.0548. The Morgan fingerprint density at radius 3 is 2.60 bits per heavy atom. The molecule has 2 aromatic carbocycles. The number of hydrogen-bond acceptors (Lipinski definition) is 3. The summed E-state index contributed by atoms with van der Waals surface area (Å²) in [5.74, 6) is 0.831. The molecule has 1 aromatic heterocycles. The summed E-state index contributed by atoms with van der Waals surface area (Å²) in [5, 5.41) is 4.84. The third-order valence-electron chi connectivity index (χ3n) is 3.08. The third-order valence-corrected chi connectivity index (χ3v) is 3.08. The molecule has 0 fully saturated rings. The zero-order valence-corrected chi connectivity index (χ0v) is 10.9. The Hall–Kier alpha value is -2.62. The van der Waals surface area contributed by atoms with Crippen LogP contribution in [-0.4, -0.2) is 16.4 Å². The molecule has 0 saturated carbocycles. The van der Waals surface area contributed by atoms with Gasteiger partial charge in [0.2, 0.25) is 5.43 Å². The fourth-order valence-corrected chi connectivity index (χ4v) is 2.11. The van der Waals surface area contributed by atoms with Crippen LogP contribution < -0.4 is 10.2 Å². The van der Waals surface area contributed by atoms with E-state index in [1.807, 2.05) is 54.6 Å². The second kappa shape index (κ2) is 5.57. The molecule has 0 atom stereocenters. The molecular formula is C16H14N2O2. The summed E-state index contributed by atoms with van der Waals surface area (Å²) in [6, 6.07) is 17.1. The van der Waals surface area contributed by atoms with Crippen molar-refractivity contribution in [2.45, 2.75) is 6.54 Å². The molecule has 100 valence electrons. The molecule has 0 unspecified atom stereocenters. The number of aromatic nitrogens is 2. The van der Waals surface area contributed by atoms with Gasteiger partial charge in [0.15, 0.2) is 0 Å². The topological polar surface area (TPSA) is 44.1 Å². The van der Waals surface area contributed by atoms with Crippen LogP contribution in [0.4, 0.5) is 0 Å². The molecule has 20 heavy (non-hydrogen) atoms. The zero-order valence-electron chi connectivity index (χ0n) is 10.9. The van der Waals surface area contributed by atoms with E-state index in [0.29, 0.717) is 18.5 Å². The van der Waals surface area contributed by atoms with E-state index >= 15 is 0 Å². The van der Waals surface area contributed by atoms with Gasteiger partial charge in [-0.25, -0.2) is 0 Å². The molecule has 0 N–H and O–H groups in total. The molecule has 3 rings (SSSR count). The number of ether oxygens (including phenoxy) is 1. The van der Waals surface area contributed by atoms with Gasteiger partial charge < -0.3 is 4.74 Å². The normalized spacial score (nSPS) is 10.6. The largest absolute Gasteiger partial charge is 0.492 e. The maximum absolute atomic E-state index is 11.7. The summed E-state index contributed by atoms with van der Waals surface area (Å²) < 4.78 is 7.44. The fraction of sp³-hybridized carbons (Fsp3) is 0.125. The lowest BCUT2D eigenvalue weighted by atomic mass is 10.2. The average molecular weight is 266 g/mol. The highest BCUT2D eigenvalue weighted by Gasteiger charge is 2.03. The lowest BCUT2D eigenvalue weighted by molar-refractivity contribution is 0.293. The van der Waals surface area contributed by atoms with Gasteiger partial charge in [-0.05, 0) is 24.3 Å². The lowest BCUT2D eigenvalue weighted by Gasteiger charge is -2.10. The van der Waals surface area contributed by atoms with E-state index in [-0.39, 0.29) is 5.43 Å². The summed E-state index contributed by atoms with van der Waals surface area (Å²) in [6.45, 7) is 1.10. The molecule has 4 heteroatoms. The van der Waals surface area contributed by atoms with Crippen molar-refractivity contribution < 1.29 is 4.74 Å². The van der Waals surface area contributed by atoms with Crippen LogP contribution in [0.25, 0.3) is 10.9 Å². The van der Waals surface area contributed by atoms with E-state index in [1.165, 1.54) is 6.20 Å². The molecule has 0 bridgehead atoms. The first-order valence-electron chi connectivity index (χ1n) is 6.47. The van der Waals surface area contributed by atoms with Gasteiger partial charge in [-0.15, -0.1) is 0 Å². The SMILES string of the molecule is O=c1cnn(CCOc2ccccc2)c2ccccc12. The van der Waals surface area contributed by atoms with Gasteiger partial charge in [-0.2, -0.15) is 5.10 Å². The second-order valence-electron chi connectivity index (χ2n) is 4.41. The Kier molecular flexibility index (Phi) is 3.46. The summed E-state index contributed by atoms with van der Waals surface area (Å²) in [7, 11) is 0. The van der Waals surface area contributed by atoms with Crippen molar-refractivity contribution in [2.24, 2.45) is 0 Å². The standard InChI is InChI=1S/C16H14N2O2/c19-16-12-17-18(15-9-5-4-8-14(15)16)10-11-20-13-6-2-1-3-7-13/h1-9,12H,10-11H2. The molecule has 0 aliphatic heterocycles. The smallest absolute Gasteiger partial charge is 0.207 e. The maximum Gasteiger partial charge on any atom is 0.207 e. The molecule has 0 aliphatic carbocycles. The van der Waals surface area contributed by atoms with Crippen molar-refractivity contribution in [1.29, 1.82) is 0 Å². The summed E-state index contributed by atoms with van der Waals surface area (Å²) in [5.41, 5.74) is 0.775. The molecule has 0 aliphatic rings. The van der Waals surface area contributed by atoms with Crippen molar-refractivity contribution in [3.8, 4) is 5.75 Å². The summed E-state index contributed by atoms with van der Waals surface area (Å²) in [6.07, 6.45) is 1.35. The Labute approximate surface area is 116 Å². The number of fused-ring (bicyclic) bond motifs is 1. The number of hydrogen-bond donors (Lipinski definition) is 0. The minimum Gasteiger partial charge on any atom is -0.492 e. The molecule has 0 amide bonds. The Bertz CT molecular complexity index is 766. The summed E-state index contributed by atoms with van der Waals surface area (Å²) >= 11 is 0. The number of para-hydroxylation sites is 2. The highest BCUT2D eigenvalue weighted by molar-refractivity contribution is 5.77. The number of rotatable bonds is 4. The van der Waals surface area contributed by atoms with Crippen molar-refractivity contribution in [3.63, 3.8) is 0 Å². The van der Waals surface area contributed by atoms with E-state index in [4.69, 9.17) is 4.74 Å². The number of benzene rings is 2. The fourth-order valence-electron chi connectivity index (χ4n) is 2.11. The molecule has 4 nitrogen and oxygen atoms in total. The Balaban J connectivity index is 1.78.